The quantitative estimate of drug-likeness (QED) is 0.839. The first-order chi connectivity index (χ1) is 7.15. The lowest BCUT2D eigenvalue weighted by molar-refractivity contribution is 0.158. The van der Waals surface area contributed by atoms with Crippen LogP contribution in [-0.4, -0.2) is 11.2 Å². The molecule has 1 nitrogen and oxygen atoms in total. The molecule has 0 spiro atoms. The minimum absolute atomic E-state index is 0.333. The van der Waals surface area contributed by atoms with Gasteiger partial charge in [0.15, 0.2) is 0 Å². The topological polar surface area (TPSA) is 20.2 Å². The van der Waals surface area contributed by atoms with Crippen LogP contribution in [0.1, 0.15) is 24.8 Å². The van der Waals surface area contributed by atoms with Crippen LogP contribution < -0.4 is 0 Å². The zero-order valence-electron chi connectivity index (χ0n) is 8.42. The van der Waals surface area contributed by atoms with Crippen LogP contribution in [0.15, 0.2) is 18.2 Å². The van der Waals surface area contributed by atoms with Crippen LogP contribution in [0.2, 0.25) is 5.02 Å². The standard InChI is InChI=1S/C12H14ClFO/c13-12-7-10(14)4-3-9(12)6-11(15)5-8-1-2-8/h3-4,7-8,11,15H,1-2,5-6H2. The highest BCUT2D eigenvalue weighted by Crippen LogP contribution is 2.34. The highest BCUT2D eigenvalue weighted by molar-refractivity contribution is 6.31. The second kappa shape index (κ2) is 4.50. The molecule has 1 aliphatic carbocycles. The van der Waals surface area contributed by atoms with E-state index >= 15 is 0 Å². The molecule has 0 radical (unpaired) electrons. The molecule has 1 aromatic carbocycles. The summed E-state index contributed by atoms with van der Waals surface area (Å²) in [5.41, 5.74) is 0.825. The summed E-state index contributed by atoms with van der Waals surface area (Å²) in [4.78, 5) is 0. The largest absolute Gasteiger partial charge is 0.393 e. The van der Waals surface area contributed by atoms with Crippen LogP contribution >= 0.6 is 11.6 Å². The zero-order chi connectivity index (χ0) is 10.8. The summed E-state index contributed by atoms with van der Waals surface area (Å²) in [6.07, 6.45) is 3.48. The first-order valence-corrected chi connectivity index (χ1v) is 5.65. The van der Waals surface area contributed by atoms with E-state index in [4.69, 9.17) is 11.6 Å². The molecule has 1 aromatic rings. The molecule has 0 heterocycles. The van der Waals surface area contributed by atoms with Gasteiger partial charge in [-0.3, -0.25) is 0 Å². The zero-order valence-corrected chi connectivity index (χ0v) is 9.17. The van der Waals surface area contributed by atoms with Gasteiger partial charge in [-0.1, -0.05) is 30.5 Å². The summed E-state index contributed by atoms with van der Waals surface area (Å²) in [5.74, 6) is 0.361. The van der Waals surface area contributed by atoms with E-state index in [1.54, 1.807) is 6.07 Å². The molecule has 3 heteroatoms. The van der Waals surface area contributed by atoms with E-state index in [0.29, 0.717) is 17.4 Å². The minimum Gasteiger partial charge on any atom is -0.393 e. The molecule has 0 aromatic heterocycles. The van der Waals surface area contributed by atoms with Crippen molar-refractivity contribution < 1.29 is 9.50 Å². The molecular formula is C12H14ClFO. The number of aliphatic hydroxyl groups excluding tert-OH is 1. The molecule has 1 unspecified atom stereocenters. The van der Waals surface area contributed by atoms with Crippen molar-refractivity contribution in [3.8, 4) is 0 Å². The smallest absolute Gasteiger partial charge is 0.124 e. The second-order valence-corrected chi connectivity index (χ2v) is 4.68. The van der Waals surface area contributed by atoms with Crippen LogP contribution in [0.25, 0.3) is 0 Å². The van der Waals surface area contributed by atoms with E-state index in [1.807, 2.05) is 0 Å². The summed E-state index contributed by atoms with van der Waals surface area (Å²) in [5, 5.41) is 10.2. The Kier molecular flexibility index (Phi) is 3.27. The van der Waals surface area contributed by atoms with E-state index in [0.717, 1.165) is 12.0 Å². The van der Waals surface area contributed by atoms with Gasteiger partial charge in [-0.2, -0.15) is 0 Å². The van der Waals surface area contributed by atoms with Crippen molar-refractivity contribution in [3.05, 3.63) is 34.6 Å². The third kappa shape index (κ3) is 3.18. The average Bonchev–Trinajstić information content (AvgIpc) is 2.94. The number of rotatable bonds is 4. The molecule has 1 saturated carbocycles. The normalized spacial score (nSPS) is 17.8. The molecule has 0 saturated heterocycles. The van der Waals surface area contributed by atoms with Gasteiger partial charge in [0.1, 0.15) is 5.82 Å². The van der Waals surface area contributed by atoms with Crippen LogP contribution in [0.4, 0.5) is 4.39 Å². The summed E-state index contributed by atoms with van der Waals surface area (Å²) in [6.45, 7) is 0. The molecule has 82 valence electrons. The van der Waals surface area contributed by atoms with Crippen LogP contribution in [-0.2, 0) is 6.42 Å². The van der Waals surface area contributed by atoms with Gasteiger partial charge in [0, 0.05) is 5.02 Å². The van der Waals surface area contributed by atoms with Crippen molar-refractivity contribution in [1.29, 1.82) is 0 Å². The number of hydrogen-bond acceptors (Lipinski definition) is 1. The Morgan fingerprint density at radius 3 is 2.80 bits per heavy atom. The predicted octanol–water partition coefficient (Wildman–Crippen LogP) is 3.18. The predicted molar refractivity (Wildman–Crippen MR) is 58.5 cm³/mol. The summed E-state index contributed by atoms with van der Waals surface area (Å²) in [7, 11) is 0. The molecule has 1 atom stereocenters. The molecule has 1 aliphatic rings. The highest BCUT2D eigenvalue weighted by atomic mass is 35.5. The van der Waals surface area contributed by atoms with Crippen molar-refractivity contribution >= 4 is 11.6 Å². The molecule has 0 bridgehead atoms. The molecular weight excluding hydrogens is 215 g/mol. The van der Waals surface area contributed by atoms with Crippen molar-refractivity contribution in [1.82, 2.24) is 0 Å². The number of benzene rings is 1. The lowest BCUT2D eigenvalue weighted by Crippen LogP contribution is -2.11. The molecule has 0 amide bonds. The highest BCUT2D eigenvalue weighted by Gasteiger charge is 2.24. The maximum Gasteiger partial charge on any atom is 0.124 e. The van der Waals surface area contributed by atoms with Gasteiger partial charge < -0.3 is 5.11 Å². The Bertz CT molecular complexity index is 349. The summed E-state index contributed by atoms with van der Waals surface area (Å²) >= 11 is 5.87. The Morgan fingerprint density at radius 2 is 2.20 bits per heavy atom. The summed E-state index contributed by atoms with van der Waals surface area (Å²) < 4.78 is 12.8. The van der Waals surface area contributed by atoms with Gasteiger partial charge in [-0.15, -0.1) is 0 Å². The van der Waals surface area contributed by atoms with E-state index in [1.165, 1.54) is 25.0 Å². The van der Waals surface area contributed by atoms with Crippen LogP contribution in [0.5, 0.6) is 0 Å². The van der Waals surface area contributed by atoms with E-state index in [2.05, 4.69) is 0 Å². The van der Waals surface area contributed by atoms with Crippen molar-refractivity contribution in [2.75, 3.05) is 0 Å². The first kappa shape index (κ1) is 10.9. The molecule has 2 rings (SSSR count). The van der Waals surface area contributed by atoms with Crippen LogP contribution in [0.3, 0.4) is 0 Å². The van der Waals surface area contributed by atoms with E-state index in [-0.39, 0.29) is 11.9 Å². The van der Waals surface area contributed by atoms with Crippen molar-refractivity contribution in [2.45, 2.75) is 31.8 Å². The SMILES string of the molecule is OC(Cc1ccc(F)cc1Cl)CC1CC1. The molecule has 1 fully saturated rings. The van der Waals surface area contributed by atoms with Gasteiger partial charge in [-0.25, -0.2) is 4.39 Å². The average molecular weight is 229 g/mol. The van der Waals surface area contributed by atoms with Gasteiger partial charge in [0.2, 0.25) is 0 Å². The Hall–Kier alpha value is -0.600. The Labute approximate surface area is 93.9 Å². The summed E-state index contributed by atoms with van der Waals surface area (Å²) in [6, 6.07) is 4.32. The third-order valence-corrected chi connectivity index (χ3v) is 3.12. The first-order valence-electron chi connectivity index (χ1n) is 5.27. The van der Waals surface area contributed by atoms with Gasteiger partial charge in [0.05, 0.1) is 6.10 Å². The van der Waals surface area contributed by atoms with Gasteiger partial charge in [-0.05, 0) is 36.5 Å². The fraction of sp³-hybridized carbons (Fsp3) is 0.500. The van der Waals surface area contributed by atoms with E-state index < -0.39 is 0 Å². The Morgan fingerprint density at radius 1 is 1.47 bits per heavy atom. The Balaban J connectivity index is 1.96. The molecule has 0 aliphatic heterocycles. The fourth-order valence-corrected chi connectivity index (χ4v) is 2.01. The lowest BCUT2D eigenvalue weighted by Gasteiger charge is -2.11. The maximum absolute atomic E-state index is 12.8. The molecule has 15 heavy (non-hydrogen) atoms. The monoisotopic (exact) mass is 228 g/mol. The van der Waals surface area contributed by atoms with Gasteiger partial charge >= 0.3 is 0 Å². The van der Waals surface area contributed by atoms with Crippen molar-refractivity contribution in [2.24, 2.45) is 5.92 Å². The van der Waals surface area contributed by atoms with Gasteiger partial charge in [0.25, 0.3) is 0 Å². The molecule has 1 N–H and O–H groups in total. The fourth-order valence-electron chi connectivity index (χ4n) is 1.76. The van der Waals surface area contributed by atoms with Crippen molar-refractivity contribution in [3.63, 3.8) is 0 Å². The van der Waals surface area contributed by atoms with E-state index in [9.17, 15) is 9.50 Å². The number of halogens is 2. The maximum atomic E-state index is 12.8. The third-order valence-electron chi connectivity index (χ3n) is 2.77. The second-order valence-electron chi connectivity index (χ2n) is 4.27. The number of aliphatic hydroxyl groups is 1. The lowest BCUT2D eigenvalue weighted by atomic mass is 10.0. The van der Waals surface area contributed by atoms with Crippen LogP contribution in [0, 0.1) is 11.7 Å². The minimum atomic E-state index is -0.347. The number of hydrogen-bond donors (Lipinski definition) is 1.